The van der Waals surface area contributed by atoms with Gasteiger partial charge in [-0.1, -0.05) is 12.1 Å². The van der Waals surface area contributed by atoms with Crippen molar-refractivity contribution in [2.24, 2.45) is 4.99 Å². The average molecular weight is 496 g/mol. The number of carbonyl (C=O) groups is 1. The van der Waals surface area contributed by atoms with Gasteiger partial charge in [-0.3, -0.25) is 9.79 Å². The molecule has 0 aliphatic heterocycles. The van der Waals surface area contributed by atoms with Crippen LogP contribution in [0.5, 0.6) is 0 Å². The summed E-state index contributed by atoms with van der Waals surface area (Å²) in [5.41, 5.74) is 0.326. The summed E-state index contributed by atoms with van der Waals surface area (Å²) in [4.78, 5) is 15.7. The molecule has 0 atom stereocenters. The normalized spacial score (nSPS) is 10.8. The van der Waals surface area contributed by atoms with Gasteiger partial charge >= 0.3 is 0 Å². The lowest BCUT2D eigenvalue weighted by Gasteiger charge is -2.12. The Kier molecular flexibility index (Phi) is 8.98. The first-order chi connectivity index (χ1) is 12.4. The van der Waals surface area contributed by atoms with E-state index in [0.29, 0.717) is 12.6 Å². The van der Waals surface area contributed by atoms with Gasteiger partial charge in [0.1, 0.15) is 5.82 Å². The zero-order chi connectivity index (χ0) is 19.1. The van der Waals surface area contributed by atoms with Crippen molar-refractivity contribution in [3.05, 3.63) is 65.2 Å². The minimum Gasteiger partial charge on any atom is -0.352 e. The molecule has 2 aromatic carbocycles. The number of guanidine groups is 1. The van der Waals surface area contributed by atoms with Gasteiger partial charge < -0.3 is 16.0 Å². The SMILES string of the molecule is CN=C(NCC(=O)Nc1ccc(F)c(F)c1F)NCc1ccc(F)cc1.I. The van der Waals surface area contributed by atoms with Crippen LogP contribution in [0.3, 0.4) is 0 Å². The van der Waals surface area contributed by atoms with E-state index in [1.165, 1.54) is 19.2 Å². The molecule has 0 saturated carbocycles. The number of rotatable bonds is 5. The van der Waals surface area contributed by atoms with Crippen molar-refractivity contribution in [2.45, 2.75) is 6.54 Å². The molecule has 0 aliphatic rings. The maximum absolute atomic E-state index is 13.5. The fourth-order valence-electron chi connectivity index (χ4n) is 1.99. The van der Waals surface area contributed by atoms with E-state index < -0.39 is 29.0 Å². The molecule has 0 saturated heterocycles. The smallest absolute Gasteiger partial charge is 0.243 e. The molecule has 2 aromatic rings. The largest absolute Gasteiger partial charge is 0.352 e. The van der Waals surface area contributed by atoms with Crippen LogP contribution < -0.4 is 16.0 Å². The second-order valence-corrected chi connectivity index (χ2v) is 5.18. The van der Waals surface area contributed by atoms with Crippen molar-refractivity contribution in [1.82, 2.24) is 10.6 Å². The fourth-order valence-corrected chi connectivity index (χ4v) is 1.99. The van der Waals surface area contributed by atoms with Crippen LogP contribution in [-0.4, -0.2) is 25.5 Å². The highest BCUT2D eigenvalue weighted by molar-refractivity contribution is 14.0. The Morgan fingerprint density at radius 1 is 0.963 bits per heavy atom. The maximum Gasteiger partial charge on any atom is 0.243 e. The highest BCUT2D eigenvalue weighted by Crippen LogP contribution is 2.19. The molecule has 10 heteroatoms. The van der Waals surface area contributed by atoms with Gasteiger partial charge in [-0.25, -0.2) is 17.6 Å². The van der Waals surface area contributed by atoms with Crippen LogP contribution in [0.4, 0.5) is 23.2 Å². The first kappa shape index (κ1) is 22.7. The minimum absolute atomic E-state index is 0. The second kappa shape index (κ2) is 10.7. The molecule has 0 aromatic heterocycles. The first-order valence-corrected chi connectivity index (χ1v) is 7.53. The molecule has 27 heavy (non-hydrogen) atoms. The summed E-state index contributed by atoms with van der Waals surface area (Å²) in [7, 11) is 1.48. The van der Waals surface area contributed by atoms with Gasteiger partial charge in [-0.2, -0.15) is 0 Å². The van der Waals surface area contributed by atoms with Crippen LogP contribution >= 0.6 is 24.0 Å². The minimum atomic E-state index is -1.66. The Morgan fingerprint density at radius 3 is 2.26 bits per heavy atom. The van der Waals surface area contributed by atoms with Crippen LogP contribution in [0.1, 0.15) is 5.56 Å². The number of amides is 1. The number of nitrogens with zero attached hydrogens (tertiary/aromatic N) is 1. The molecule has 1 amide bonds. The Balaban J connectivity index is 0.00000364. The number of anilines is 1. The van der Waals surface area contributed by atoms with E-state index in [4.69, 9.17) is 0 Å². The van der Waals surface area contributed by atoms with E-state index in [2.05, 4.69) is 20.9 Å². The molecular weight excluding hydrogens is 479 g/mol. The monoisotopic (exact) mass is 496 g/mol. The van der Waals surface area contributed by atoms with Gasteiger partial charge in [-0.15, -0.1) is 24.0 Å². The predicted molar refractivity (Wildman–Crippen MR) is 105 cm³/mol. The number of aliphatic imine (C=N–C) groups is 1. The van der Waals surface area contributed by atoms with Gasteiger partial charge in [0.25, 0.3) is 0 Å². The summed E-state index contributed by atoms with van der Waals surface area (Å²) in [6, 6.07) is 7.45. The van der Waals surface area contributed by atoms with E-state index in [1.54, 1.807) is 12.1 Å². The number of benzene rings is 2. The van der Waals surface area contributed by atoms with Gasteiger partial charge in [-0.05, 0) is 29.8 Å². The van der Waals surface area contributed by atoms with E-state index in [-0.39, 0.29) is 42.3 Å². The molecule has 0 spiro atoms. The Bertz CT molecular complexity index is 815. The zero-order valence-electron chi connectivity index (χ0n) is 14.2. The number of halogens is 5. The van der Waals surface area contributed by atoms with Crippen molar-refractivity contribution in [1.29, 1.82) is 0 Å². The summed E-state index contributed by atoms with van der Waals surface area (Å²) in [5, 5.41) is 7.71. The number of carbonyl (C=O) groups excluding carboxylic acids is 1. The first-order valence-electron chi connectivity index (χ1n) is 7.53. The highest BCUT2D eigenvalue weighted by atomic mass is 127. The Hall–Kier alpha value is -2.37. The molecule has 0 fully saturated rings. The lowest BCUT2D eigenvalue weighted by Crippen LogP contribution is -2.41. The molecule has 3 N–H and O–H groups in total. The van der Waals surface area contributed by atoms with Crippen molar-refractivity contribution < 1.29 is 22.4 Å². The number of hydrogen-bond donors (Lipinski definition) is 3. The third kappa shape index (κ3) is 6.70. The summed E-state index contributed by atoms with van der Waals surface area (Å²) < 4.78 is 52.3. The Morgan fingerprint density at radius 2 is 1.63 bits per heavy atom. The van der Waals surface area contributed by atoms with Crippen molar-refractivity contribution in [2.75, 3.05) is 18.9 Å². The third-order valence-corrected chi connectivity index (χ3v) is 3.32. The van der Waals surface area contributed by atoms with E-state index in [0.717, 1.165) is 11.6 Å². The van der Waals surface area contributed by atoms with E-state index in [9.17, 15) is 22.4 Å². The molecule has 0 bridgehead atoms. The molecule has 0 aliphatic carbocycles. The maximum atomic E-state index is 13.5. The fraction of sp³-hybridized carbons (Fsp3) is 0.176. The van der Waals surface area contributed by atoms with Crippen LogP contribution in [0.2, 0.25) is 0 Å². The quantitative estimate of drug-likeness (QED) is 0.196. The molecule has 0 heterocycles. The lowest BCUT2D eigenvalue weighted by molar-refractivity contribution is -0.115. The average Bonchev–Trinajstić information content (AvgIpc) is 2.64. The van der Waals surface area contributed by atoms with E-state index in [1.807, 2.05) is 0 Å². The molecule has 0 radical (unpaired) electrons. The van der Waals surface area contributed by atoms with Gasteiger partial charge in [0, 0.05) is 13.6 Å². The van der Waals surface area contributed by atoms with Gasteiger partial charge in [0.2, 0.25) is 5.91 Å². The van der Waals surface area contributed by atoms with Gasteiger partial charge in [0.05, 0.1) is 12.2 Å². The lowest BCUT2D eigenvalue weighted by atomic mass is 10.2. The summed E-state index contributed by atoms with van der Waals surface area (Å²) >= 11 is 0. The topological polar surface area (TPSA) is 65.5 Å². The zero-order valence-corrected chi connectivity index (χ0v) is 16.5. The van der Waals surface area contributed by atoms with Crippen LogP contribution in [0, 0.1) is 23.3 Å². The number of hydrogen-bond acceptors (Lipinski definition) is 2. The van der Waals surface area contributed by atoms with E-state index >= 15 is 0 Å². The second-order valence-electron chi connectivity index (χ2n) is 5.18. The molecule has 146 valence electrons. The van der Waals surface area contributed by atoms with Crippen LogP contribution in [0.15, 0.2) is 41.4 Å². The van der Waals surface area contributed by atoms with Crippen molar-refractivity contribution in [3.8, 4) is 0 Å². The number of nitrogens with one attached hydrogen (secondary N) is 3. The van der Waals surface area contributed by atoms with Crippen molar-refractivity contribution >= 4 is 41.5 Å². The predicted octanol–water partition coefficient (Wildman–Crippen LogP) is 3.16. The van der Waals surface area contributed by atoms with Crippen molar-refractivity contribution in [3.63, 3.8) is 0 Å². The summed E-state index contributed by atoms with van der Waals surface area (Å²) in [6.45, 7) is 0.0426. The Labute approximate surface area is 170 Å². The summed E-state index contributed by atoms with van der Waals surface area (Å²) in [6.07, 6.45) is 0. The molecule has 5 nitrogen and oxygen atoms in total. The summed E-state index contributed by atoms with van der Waals surface area (Å²) in [5.74, 6) is -5.24. The van der Waals surface area contributed by atoms with Crippen LogP contribution in [-0.2, 0) is 11.3 Å². The molecular formula is C17H17F4IN4O. The van der Waals surface area contributed by atoms with Crippen LogP contribution in [0.25, 0.3) is 0 Å². The molecule has 0 unspecified atom stereocenters. The van der Waals surface area contributed by atoms with Gasteiger partial charge in [0.15, 0.2) is 23.4 Å². The molecule has 2 rings (SSSR count). The third-order valence-electron chi connectivity index (χ3n) is 3.32. The standard InChI is InChI=1S/C17H16F4N4O.HI/c1-22-17(23-8-10-2-4-11(18)5-3-10)24-9-14(26)25-13-7-6-12(19)15(20)16(13)21;/h2-7H,8-9H2,1H3,(H,25,26)(H2,22,23,24);1H. The highest BCUT2D eigenvalue weighted by Gasteiger charge is 2.15.